The Morgan fingerprint density at radius 3 is 2.58 bits per heavy atom. The van der Waals surface area contributed by atoms with Gasteiger partial charge >= 0.3 is 0 Å². The van der Waals surface area contributed by atoms with E-state index in [0.29, 0.717) is 6.04 Å². The molecule has 1 saturated heterocycles. The highest BCUT2D eigenvalue weighted by Gasteiger charge is 2.14. The zero-order valence-electron chi connectivity index (χ0n) is 7.29. The average Bonchev–Trinajstić information content (AvgIpc) is 2.09. The van der Waals surface area contributed by atoms with Crippen LogP contribution in [0.5, 0.6) is 0 Å². The average molecular weight is 168 g/mol. The van der Waals surface area contributed by atoms with Crippen LogP contribution in [0.2, 0.25) is 0 Å². The van der Waals surface area contributed by atoms with Gasteiger partial charge in [0.05, 0.1) is 6.54 Å². The van der Waals surface area contributed by atoms with E-state index in [2.05, 4.69) is 16.7 Å². The van der Waals surface area contributed by atoms with Crippen LogP contribution in [-0.4, -0.2) is 42.3 Å². The highest BCUT2D eigenvalue weighted by Crippen LogP contribution is 2.06. The van der Waals surface area contributed by atoms with Crippen molar-refractivity contribution in [3.63, 3.8) is 0 Å². The van der Waals surface area contributed by atoms with Crippen molar-refractivity contribution in [1.29, 1.82) is 0 Å². The number of rotatable bonds is 1. The molecule has 0 aromatic carbocycles. The van der Waals surface area contributed by atoms with Crippen LogP contribution in [0.25, 0.3) is 0 Å². The maximum absolute atomic E-state index is 8.43. The van der Waals surface area contributed by atoms with E-state index in [0.717, 1.165) is 32.5 Å². The summed E-state index contributed by atoms with van der Waals surface area (Å²) in [5.74, 6) is 5.54. The van der Waals surface area contributed by atoms with Gasteiger partial charge in [0, 0.05) is 19.1 Å². The van der Waals surface area contributed by atoms with Gasteiger partial charge in [0.2, 0.25) is 0 Å². The normalized spacial score (nSPS) is 20.2. The minimum absolute atomic E-state index is 0.0344. The van der Waals surface area contributed by atoms with Crippen molar-refractivity contribution < 1.29 is 5.11 Å². The molecule has 0 aromatic heterocycles. The van der Waals surface area contributed by atoms with Crippen molar-refractivity contribution in [2.24, 2.45) is 5.73 Å². The zero-order valence-corrected chi connectivity index (χ0v) is 7.29. The first kappa shape index (κ1) is 9.53. The summed E-state index contributed by atoms with van der Waals surface area (Å²) in [6.45, 7) is 2.82. The predicted molar refractivity (Wildman–Crippen MR) is 48.5 cm³/mol. The Morgan fingerprint density at radius 2 is 2.00 bits per heavy atom. The maximum atomic E-state index is 8.43. The van der Waals surface area contributed by atoms with E-state index >= 15 is 0 Å². The molecular weight excluding hydrogens is 152 g/mol. The van der Waals surface area contributed by atoms with Crippen LogP contribution in [0.15, 0.2) is 0 Å². The number of hydrogen-bond acceptors (Lipinski definition) is 3. The van der Waals surface area contributed by atoms with Crippen molar-refractivity contribution in [3.05, 3.63) is 0 Å². The first-order chi connectivity index (χ1) is 5.83. The fourth-order valence-electron chi connectivity index (χ4n) is 1.33. The van der Waals surface area contributed by atoms with Gasteiger partial charge < -0.3 is 10.8 Å². The largest absolute Gasteiger partial charge is 0.384 e. The summed E-state index contributed by atoms with van der Waals surface area (Å²) in [5, 5.41) is 8.43. The number of nitrogens with two attached hydrogens (primary N) is 1. The molecule has 3 heteroatoms. The molecule has 0 spiro atoms. The van der Waals surface area contributed by atoms with Crippen molar-refractivity contribution in [2.75, 3.05) is 26.2 Å². The fraction of sp³-hybridized carbons (Fsp3) is 0.778. The van der Waals surface area contributed by atoms with Crippen LogP contribution in [0, 0.1) is 11.8 Å². The second-order valence-corrected chi connectivity index (χ2v) is 3.13. The fourth-order valence-corrected chi connectivity index (χ4v) is 1.33. The lowest BCUT2D eigenvalue weighted by atomic mass is 10.1. The van der Waals surface area contributed by atoms with Crippen LogP contribution in [0.4, 0.5) is 0 Å². The lowest BCUT2D eigenvalue weighted by molar-refractivity contribution is 0.236. The summed E-state index contributed by atoms with van der Waals surface area (Å²) in [4.78, 5) is 2.27. The van der Waals surface area contributed by atoms with Crippen LogP contribution < -0.4 is 5.73 Å². The lowest BCUT2D eigenvalue weighted by Gasteiger charge is -2.28. The van der Waals surface area contributed by atoms with Crippen molar-refractivity contribution >= 4 is 0 Å². The van der Waals surface area contributed by atoms with Gasteiger partial charge in [0.25, 0.3) is 0 Å². The standard InChI is InChI=1S/C9H16N2O/c10-9-3-6-11(7-4-9)5-1-2-8-12/h9,12H,3-8,10H2. The number of piperidine rings is 1. The van der Waals surface area contributed by atoms with Gasteiger partial charge in [-0.1, -0.05) is 11.8 Å². The summed E-state index contributed by atoms with van der Waals surface area (Å²) in [6.07, 6.45) is 2.14. The molecule has 0 aliphatic carbocycles. The molecule has 0 radical (unpaired) electrons. The molecule has 12 heavy (non-hydrogen) atoms. The molecule has 0 bridgehead atoms. The molecule has 0 atom stereocenters. The van der Waals surface area contributed by atoms with Gasteiger partial charge in [-0.05, 0) is 12.8 Å². The molecule has 0 saturated carbocycles. The van der Waals surface area contributed by atoms with Gasteiger partial charge in [-0.3, -0.25) is 4.90 Å². The van der Waals surface area contributed by atoms with Crippen LogP contribution >= 0.6 is 0 Å². The minimum Gasteiger partial charge on any atom is -0.384 e. The first-order valence-electron chi connectivity index (χ1n) is 4.37. The summed E-state index contributed by atoms with van der Waals surface area (Å²) in [5.41, 5.74) is 5.75. The number of hydrogen-bond donors (Lipinski definition) is 2. The molecule has 0 unspecified atom stereocenters. The highest BCUT2D eigenvalue weighted by molar-refractivity contribution is 5.01. The van der Waals surface area contributed by atoms with Gasteiger partial charge in [-0.15, -0.1) is 0 Å². The third kappa shape index (κ3) is 3.22. The number of aliphatic hydroxyl groups excluding tert-OH is 1. The van der Waals surface area contributed by atoms with Crippen molar-refractivity contribution in [1.82, 2.24) is 4.90 Å². The summed E-state index contributed by atoms with van der Waals surface area (Å²) >= 11 is 0. The third-order valence-electron chi connectivity index (χ3n) is 2.14. The van der Waals surface area contributed by atoms with Crippen LogP contribution in [-0.2, 0) is 0 Å². The molecule has 3 N–H and O–H groups in total. The Hall–Kier alpha value is -0.560. The molecule has 0 aromatic rings. The van der Waals surface area contributed by atoms with E-state index < -0.39 is 0 Å². The van der Waals surface area contributed by atoms with Crippen LogP contribution in [0.3, 0.4) is 0 Å². The van der Waals surface area contributed by atoms with E-state index in [9.17, 15) is 0 Å². The Labute approximate surface area is 73.5 Å². The zero-order chi connectivity index (χ0) is 8.81. The quantitative estimate of drug-likeness (QED) is 0.514. The topological polar surface area (TPSA) is 49.5 Å². The van der Waals surface area contributed by atoms with E-state index in [4.69, 9.17) is 10.8 Å². The molecule has 3 nitrogen and oxygen atoms in total. The second kappa shape index (κ2) is 5.15. The van der Waals surface area contributed by atoms with E-state index in [1.807, 2.05) is 0 Å². The summed E-state index contributed by atoms with van der Waals surface area (Å²) < 4.78 is 0. The highest BCUT2D eigenvalue weighted by atomic mass is 16.2. The van der Waals surface area contributed by atoms with E-state index in [1.165, 1.54) is 0 Å². The Kier molecular flexibility index (Phi) is 4.09. The molecular formula is C9H16N2O. The molecule has 0 amide bonds. The predicted octanol–water partition coefficient (Wildman–Crippen LogP) is -0.595. The number of likely N-dealkylation sites (tertiary alicyclic amines) is 1. The Bertz CT molecular complexity index is 175. The van der Waals surface area contributed by atoms with Crippen LogP contribution in [0.1, 0.15) is 12.8 Å². The van der Waals surface area contributed by atoms with E-state index in [-0.39, 0.29) is 6.61 Å². The maximum Gasteiger partial charge on any atom is 0.104 e. The van der Waals surface area contributed by atoms with Gasteiger partial charge in [0.15, 0.2) is 0 Å². The summed E-state index contributed by atoms with van der Waals surface area (Å²) in [7, 11) is 0. The summed E-state index contributed by atoms with van der Waals surface area (Å²) in [6, 6.07) is 0.382. The van der Waals surface area contributed by atoms with Gasteiger partial charge in [-0.25, -0.2) is 0 Å². The third-order valence-corrected chi connectivity index (χ3v) is 2.14. The number of aliphatic hydroxyl groups is 1. The monoisotopic (exact) mass is 168 g/mol. The van der Waals surface area contributed by atoms with Crippen molar-refractivity contribution in [2.45, 2.75) is 18.9 Å². The first-order valence-corrected chi connectivity index (χ1v) is 4.37. The van der Waals surface area contributed by atoms with Crippen molar-refractivity contribution in [3.8, 4) is 11.8 Å². The number of nitrogens with zero attached hydrogens (tertiary/aromatic N) is 1. The Balaban J connectivity index is 2.17. The second-order valence-electron chi connectivity index (χ2n) is 3.13. The van der Waals surface area contributed by atoms with Gasteiger partial charge in [-0.2, -0.15) is 0 Å². The SMILES string of the molecule is NC1CCN(CC#CCO)CC1. The van der Waals surface area contributed by atoms with Gasteiger partial charge in [0.1, 0.15) is 6.61 Å². The smallest absolute Gasteiger partial charge is 0.104 e. The van der Waals surface area contributed by atoms with E-state index in [1.54, 1.807) is 0 Å². The molecule has 1 rings (SSSR count). The molecule has 68 valence electrons. The lowest BCUT2D eigenvalue weighted by Crippen LogP contribution is -2.39. The molecule has 1 fully saturated rings. The molecule has 1 heterocycles. The molecule has 1 aliphatic rings. The Morgan fingerprint density at radius 1 is 1.33 bits per heavy atom. The minimum atomic E-state index is -0.0344. The molecule has 1 aliphatic heterocycles.